The third kappa shape index (κ3) is 4.60. The standard InChI is InChI=1S/C15H12FN3OS3/c16-12-6-2-1-4-10(12)9-22-15-19-18-14(23-15)17-13(20)8-11-5-3-7-21-11/h1-7H,8-9H2,(H,17,18,20). The van der Waals surface area contributed by atoms with Crippen molar-refractivity contribution in [2.24, 2.45) is 0 Å². The summed E-state index contributed by atoms with van der Waals surface area (Å²) >= 11 is 4.23. The van der Waals surface area contributed by atoms with Crippen LogP contribution in [-0.4, -0.2) is 16.1 Å². The zero-order chi connectivity index (χ0) is 16.1. The molecule has 8 heteroatoms. The molecule has 4 nitrogen and oxygen atoms in total. The van der Waals surface area contributed by atoms with Crippen molar-refractivity contribution in [1.82, 2.24) is 10.2 Å². The number of hydrogen-bond donors (Lipinski definition) is 1. The van der Waals surface area contributed by atoms with Crippen LogP contribution in [0.25, 0.3) is 0 Å². The second kappa shape index (κ2) is 7.67. The summed E-state index contributed by atoms with van der Waals surface area (Å²) in [7, 11) is 0. The van der Waals surface area contributed by atoms with Crippen molar-refractivity contribution >= 4 is 45.5 Å². The molecule has 1 aromatic carbocycles. The molecule has 0 bridgehead atoms. The predicted octanol–water partition coefficient (Wildman–Crippen LogP) is 4.21. The first-order valence-corrected chi connectivity index (χ1v) is 9.41. The fourth-order valence-electron chi connectivity index (χ4n) is 1.81. The van der Waals surface area contributed by atoms with Gasteiger partial charge in [0.1, 0.15) is 5.82 Å². The van der Waals surface area contributed by atoms with Crippen LogP contribution < -0.4 is 5.32 Å². The minimum atomic E-state index is -0.228. The van der Waals surface area contributed by atoms with E-state index in [1.54, 1.807) is 29.5 Å². The van der Waals surface area contributed by atoms with Crippen molar-refractivity contribution in [3.63, 3.8) is 0 Å². The van der Waals surface area contributed by atoms with E-state index >= 15 is 0 Å². The number of thiophene rings is 1. The van der Waals surface area contributed by atoms with Crippen LogP contribution in [0.1, 0.15) is 10.4 Å². The number of carbonyl (C=O) groups is 1. The van der Waals surface area contributed by atoms with Crippen LogP contribution in [0.15, 0.2) is 46.1 Å². The van der Waals surface area contributed by atoms with Crippen LogP contribution in [0.2, 0.25) is 0 Å². The van der Waals surface area contributed by atoms with Gasteiger partial charge in [-0.25, -0.2) is 4.39 Å². The van der Waals surface area contributed by atoms with Crippen molar-refractivity contribution < 1.29 is 9.18 Å². The quantitative estimate of drug-likeness (QED) is 0.525. The Labute approximate surface area is 144 Å². The summed E-state index contributed by atoms with van der Waals surface area (Å²) in [6.07, 6.45) is 0.328. The van der Waals surface area contributed by atoms with Gasteiger partial charge in [-0.3, -0.25) is 4.79 Å². The van der Waals surface area contributed by atoms with Crippen molar-refractivity contribution in [1.29, 1.82) is 0 Å². The molecule has 3 aromatic rings. The molecule has 0 aliphatic heterocycles. The number of amides is 1. The fraction of sp³-hybridized carbons (Fsp3) is 0.133. The smallest absolute Gasteiger partial charge is 0.231 e. The summed E-state index contributed by atoms with van der Waals surface area (Å²) in [6, 6.07) is 10.5. The minimum Gasteiger partial charge on any atom is -0.300 e. The van der Waals surface area contributed by atoms with Gasteiger partial charge in [-0.2, -0.15) is 0 Å². The second-order valence-electron chi connectivity index (χ2n) is 4.56. The number of benzene rings is 1. The summed E-state index contributed by atoms with van der Waals surface area (Å²) in [5, 5.41) is 13.1. The molecule has 0 fully saturated rings. The molecular weight excluding hydrogens is 353 g/mol. The summed E-state index contributed by atoms with van der Waals surface area (Å²) in [4.78, 5) is 12.9. The highest BCUT2D eigenvalue weighted by atomic mass is 32.2. The van der Waals surface area contributed by atoms with Crippen LogP contribution in [-0.2, 0) is 17.0 Å². The third-order valence-corrected chi connectivity index (χ3v) is 5.77. The number of anilines is 1. The Kier molecular flexibility index (Phi) is 5.37. The van der Waals surface area contributed by atoms with Gasteiger partial charge < -0.3 is 5.32 Å². The first-order valence-electron chi connectivity index (χ1n) is 6.72. The van der Waals surface area contributed by atoms with Crippen LogP contribution in [0.4, 0.5) is 9.52 Å². The summed E-state index contributed by atoms with van der Waals surface area (Å²) in [5.74, 6) is 0.132. The van der Waals surface area contributed by atoms with E-state index in [1.165, 1.54) is 29.2 Å². The summed E-state index contributed by atoms with van der Waals surface area (Å²) in [6.45, 7) is 0. The molecular formula is C15H12FN3OS3. The number of rotatable bonds is 6. The lowest BCUT2D eigenvalue weighted by atomic mass is 10.2. The van der Waals surface area contributed by atoms with Crippen LogP contribution in [0, 0.1) is 5.82 Å². The summed E-state index contributed by atoms with van der Waals surface area (Å²) < 4.78 is 14.2. The number of thioether (sulfide) groups is 1. The number of halogens is 1. The average Bonchev–Trinajstić information content (AvgIpc) is 3.18. The lowest BCUT2D eigenvalue weighted by molar-refractivity contribution is -0.115. The van der Waals surface area contributed by atoms with E-state index in [2.05, 4.69) is 15.5 Å². The maximum atomic E-state index is 13.5. The molecule has 2 heterocycles. The van der Waals surface area contributed by atoms with Gasteiger partial charge in [0, 0.05) is 10.6 Å². The van der Waals surface area contributed by atoms with E-state index < -0.39 is 0 Å². The maximum Gasteiger partial charge on any atom is 0.231 e. The fourth-order valence-corrected chi connectivity index (χ4v) is 4.27. The highest BCUT2D eigenvalue weighted by Crippen LogP contribution is 2.29. The van der Waals surface area contributed by atoms with Crippen LogP contribution in [0.3, 0.4) is 0 Å². The zero-order valence-electron chi connectivity index (χ0n) is 11.9. The Morgan fingerprint density at radius 3 is 2.87 bits per heavy atom. The molecule has 0 atom stereocenters. The first-order chi connectivity index (χ1) is 11.2. The van der Waals surface area contributed by atoms with Gasteiger partial charge >= 0.3 is 0 Å². The van der Waals surface area contributed by atoms with E-state index in [9.17, 15) is 9.18 Å². The van der Waals surface area contributed by atoms with Gasteiger partial charge in [-0.15, -0.1) is 21.5 Å². The number of nitrogens with one attached hydrogen (secondary N) is 1. The van der Waals surface area contributed by atoms with E-state index in [4.69, 9.17) is 0 Å². The molecule has 0 aliphatic carbocycles. The molecule has 0 saturated carbocycles. The monoisotopic (exact) mass is 365 g/mol. The summed E-state index contributed by atoms with van der Waals surface area (Å²) in [5.41, 5.74) is 0.621. The third-order valence-electron chi connectivity index (χ3n) is 2.88. The molecule has 0 radical (unpaired) electrons. The molecule has 118 valence electrons. The van der Waals surface area contributed by atoms with Gasteiger partial charge in [0.15, 0.2) is 4.34 Å². The number of aromatic nitrogens is 2. The topological polar surface area (TPSA) is 54.9 Å². The highest BCUT2D eigenvalue weighted by Gasteiger charge is 2.10. The Morgan fingerprint density at radius 2 is 2.09 bits per heavy atom. The van der Waals surface area contributed by atoms with Crippen molar-refractivity contribution in [3.05, 3.63) is 58.0 Å². The van der Waals surface area contributed by atoms with Gasteiger partial charge in [0.25, 0.3) is 0 Å². The van der Waals surface area contributed by atoms with Crippen molar-refractivity contribution in [2.75, 3.05) is 5.32 Å². The molecule has 23 heavy (non-hydrogen) atoms. The van der Waals surface area contributed by atoms with Gasteiger partial charge in [0.05, 0.1) is 6.42 Å². The largest absolute Gasteiger partial charge is 0.300 e. The Hall–Kier alpha value is -1.77. The average molecular weight is 365 g/mol. The molecule has 0 unspecified atom stereocenters. The molecule has 1 amide bonds. The lowest BCUT2D eigenvalue weighted by Gasteiger charge is -2.00. The number of carbonyl (C=O) groups excluding carboxylic acids is 1. The Bertz CT molecular complexity index is 789. The van der Waals surface area contributed by atoms with Crippen molar-refractivity contribution in [2.45, 2.75) is 16.5 Å². The van der Waals surface area contributed by atoms with Gasteiger partial charge in [-0.05, 0) is 23.1 Å². The van der Waals surface area contributed by atoms with E-state index in [0.717, 1.165) is 4.88 Å². The minimum absolute atomic E-state index is 0.116. The maximum absolute atomic E-state index is 13.5. The molecule has 2 aromatic heterocycles. The van der Waals surface area contributed by atoms with E-state index in [1.807, 2.05) is 17.5 Å². The van der Waals surface area contributed by atoms with Crippen LogP contribution in [0.5, 0.6) is 0 Å². The van der Waals surface area contributed by atoms with E-state index in [-0.39, 0.29) is 11.7 Å². The normalized spacial score (nSPS) is 10.7. The van der Waals surface area contributed by atoms with Crippen molar-refractivity contribution in [3.8, 4) is 0 Å². The van der Waals surface area contributed by atoms with E-state index in [0.29, 0.717) is 27.2 Å². The predicted molar refractivity (Wildman–Crippen MR) is 92.5 cm³/mol. The molecule has 0 saturated heterocycles. The number of nitrogens with zero attached hydrogens (tertiary/aromatic N) is 2. The molecule has 3 rings (SSSR count). The Morgan fingerprint density at radius 1 is 1.22 bits per heavy atom. The van der Waals surface area contributed by atoms with Gasteiger partial charge in [0.2, 0.25) is 11.0 Å². The number of hydrogen-bond acceptors (Lipinski definition) is 6. The lowest BCUT2D eigenvalue weighted by Crippen LogP contribution is -2.13. The SMILES string of the molecule is O=C(Cc1cccs1)Nc1nnc(SCc2ccccc2F)s1. The second-order valence-corrected chi connectivity index (χ2v) is 7.79. The van der Waals surface area contributed by atoms with Crippen LogP contribution >= 0.6 is 34.4 Å². The molecule has 0 aliphatic rings. The first kappa shape index (κ1) is 16.1. The molecule has 0 spiro atoms. The highest BCUT2D eigenvalue weighted by molar-refractivity contribution is 8.00. The zero-order valence-corrected chi connectivity index (χ0v) is 14.3. The van der Waals surface area contributed by atoms with Gasteiger partial charge in [-0.1, -0.05) is 47.4 Å². The molecule has 1 N–H and O–H groups in total. The Balaban J connectivity index is 1.53.